The average Bonchev–Trinajstić information content (AvgIpc) is 2.86. The van der Waals surface area contributed by atoms with E-state index in [2.05, 4.69) is 15.8 Å². The molecule has 3 aromatic carbocycles. The first kappa shape index (κ1) is 26.5. The highest BCUT2D eigenvalue weighted by molar-refractivity contribution is 6.39. The fourth-order valence-corrected chi connectivity index (χ4v) is 3.33. The second-order valence-electron chi connectivity index (χ2n) is 7.03. The van der Waals surface area contributed by atoms with Crippen LogP contribution in [-0.4, -0.2) is 37.7 Å². The zero-order valence-electron chi connectivity index (χ0n) is 19.2. The van der Waals surface area contributed by atoms with Gasteiger partial charge in [-0.1, -0.05) is 23.2 Å². The van der Waals surface area contributed by atoms with Gasteiger partial charge < -0.3 is 19.5 Å². The molecule has 0 heterocycles. The van der Waals surface area contributed by atoms with Gasteiger partial charge in [-0.2, -0.15) is 5.10 Å². The van der Waals surface area contributed by atoms with Gasteiger partial charge in [0.2, 0.25) is 0 Å². The molecule has 0 aromatic heterocycles. The number of esters is 1. The topological polar surface area (TPSA) is 115 Å². The van der Waals surface area contributed by atoms with E-state index in [0.29, 0.717) is 28.6 Å². The van der Waals surface area contributed by atoms with Gasteiger partial charge in [-0.25, -0.2) is 10.2 Å². The lowest BCUT2D eigenvalue weighted by atomic mass is 10.2. The molecule has 186 valence electrons. The Morgan fingerprint density at radius 2 is 1.69 bits per heavy atom. The summed E-state index contributed by atoms with van der Waals surface area (Å²) in [4.78, 5) is 36.6. The first-order valence-corrected chi connectivity index (χ1v) is 11.3. The van der Waals surface area contributed by atoms with E-state index in [0.717, 1.165) is 0 Å². The zero-order valence-corrected chi connectivity index (χ0v) is 20.7. The van der Waals surface area contributed by atoms with E-state index < -0.39 is 17.8 Å². The van der Waals surface area contributed by atoms with Gasteiger partial charge in [0.15, 0.2) is 11.5 Å². The minimum Gasteiger partial charge on any atom is -0.497 e. The standard InChI is InChI=1S/C25H21Cl2N3O6/c1-3-35-22-12-15(4-11-21(22)36-25(33)19-10-5-16(26)13-20(19)27)14-28-30-24(32)23(31)29-17-6-8-18(34-2)9-7-17/h4-14H,3H2,1-2H3,(H,29,31)(H,30,32). The van der Waals surface area contributed by atoms with Crippen LogP contribution in [0, 0.1) is 0 Å². The number of rotatable bonds is 8. The van der Waals surface area contributed by atoms with Crippen molar-refractivity contribution >= 4 is 52.9 Å². The van der Waals surface area contributed by atoms with E-state index in [-0.39, 0.29) is 22.1 Å². The second-order valence-corrected chi connectivity index (χ2v) is 7.88. The van der Waals surface area contributed by atoms with Gasteiger partial charge in [-0.3, -0.25) is 9.59 Å². The number of halogens is 2. The zero-order chi connectivity index (χ0) is 26.1. The molecule has 0 atom stereocenters. The number of hydrogen-bond donors (Lipinski definition) is 2. The van der Waals surface area contributed by atoms with E-state index in [9.17, 15) is 14.4 Å². The summed E-state index contributed by atoms with van der Waals surface area (Å²) >= 11 is 11.9. The number of benzene rings is 3. The van der Waals surface area contributed by atoms with Crippen molar-refractivity contribution in [2.24, 2.45) is 5.10 Å². The average molecular weight is 530 g/mol. The summed E-state index contributed by atoms with van der Waals surface area (Å²) in [6.45, 7) is 2.07. The SMILES string of the molecule is CCOc1cc(C=NNC(=O)C(=O)Nc2ccc(OC)cc2)ccc1OC(=O)c1ccc(Cl)cc1Cl. The lowest BCUT2D eigenvalue weighted by Gasteiger charge is -2.12. The molecule has 0 fully saturated rings. The number of hydrazone groups is 1. The summed E-state index contributed by atoms with van der Waals surface area (Å²) in [5.41, 5.74) is 3.22. The van der Waals surface area contributed by atoms with Crippen molar-refractivity contribution in [2.45, 2.75) is 6.92 Å². The molecule has 0 aliphatic heterocycles. The molecule has 0 spiro atoms. The van der Waals surface area contributed by atoms with E-state index in [1.54, 1.807) is 43.3 Å². The Morgan fingerprint density at radius 3 is 2.36 bits per heavy atom. The second kappa shape index (κ2) is 12.6. The Bertz CT molecular complexity index is 1300. The normalized spacial score (nSPS) is 10.6. The molecule has 2 N–H and O–H groups in total. The van der Waals surface area contributed by atoms with Crippen LogP contribution >= 0.6 is 23.2 Å². The monoisotopic (exact) mass is 529 g/mol. The molecule has 3 aromatic rings. The number of hydrogen-bond acceptors (Lipinski definition) is 7. The molecular formula is C25H21Cl2N3O6. The lowest BCUT2D eigenvalue weighted by Crippen LogP contribution is -2.32. The Balaban J connectivity index is 1.63. The first-order chi connectivity index (χ1) is 17.3. The van der Waals surface area contributed by atoms with E-state index in [1.165, 1.54) is 37.6 Å². The number of ether oxygens (including phenoxy) is 3. The molecule has 0 saturated heterocycles. The van der Waals surface area contributed by atoms with E-state index in [4.69, 9.17) is 37.4 Å². The third kappa shape index (κ3) is 7.21. The molecule has 0 radical (unpaired) electrons. The smallest absolute Gasteiger partial charge is 0.345 e. The maximum atomic E-state index is 12.5. The van der Waals surface area contributed by atoms with Gasteiger partial charge in [0.05, 0.1) is 30.5 Å². The van der Waals surface area contributed by atoms with Gasteiger partial charge >= 0.3 is 17.8 Å². The van der Waals surface area contributed by atoms with Crippen molar-refractivity contribution in [1.82, 2.24) is 5.43 Å². The van der Waals surface area contributed by atoms with Crippen LogP contribution in [0.1, 0.15) is 22.8 Å². The fraction of sp³-hybridized carbons (Fsp3) is 0.120. The third-order valence-corrected chi connectivity index (χ3v) is 5.10. The van der Waals surface area contributed by atoms with Crippen LogP contribution in [0.2, 0.25) is 10.0 Å². The molecule has 0 unspecified atom stereocenters. The van der Waals surface area contributed by atoms with Gasteiger partial charge in [0, 0.05) is 10.7 Å². The predicted molar refractivity (Wildman–Crippen MR) is 136 cm³/mol. The Kier molecular flexibility index (Phi) is 9.26. The minimum absolute atomic E-state index is 0.143. The predicted octanol–water partition coefficient (Wildman–Crippen LogP) is 4.71. The van der Waals surface area contributed by atoms with E-state index >= 15 is 0 Å². The van der Waals surface area contributed by atoms with E-state index in [1.807, 2.05) is 0 Å². The number of nitrogens with zero attached hydrogens (tertiary/aromatic N) is 1. The van der Waals surface area contributed by atoms with Gasteiger partial charge in [0.1, 0.15) is 5.75 Å². The van der Waals surface area contributed by atoms with Crippen LogP contribution in [0.15, 0.2) is 65.8 Å². The molecule has 3 rings (SSSR count). The maximum absolute atomic E-state index is 12.5. The summed E-state index contributed by atoms with van der Waals surface area (Å²) in [6.07, 6.45) is 1.31. The van der Waals surface area contributed by atoms with Gasteiger partial charge in [-0.05, 0) is 73.2 Å². The highest BCUT2D eigenvalue weighted by Gasteiger charge is 2.17. The van der Waals surface area contributed by atoms with Crippen LogP contribution in [0.25, 0.3) is 0 Å². The van der Waals surface area contributed by atoms with Crippen LogP contribution in [-0.2, 0) is 9.59 Å². The summed E-state index contributed by atoms with van der Waals surface area (Å²) in [5.74, 6) is -1.50. The Labute approximate surface area is 216 Å². The summed E-state index contributed by atoms with van der Waals surface area (Å²) in [6, 6.07) is 15.6. The first-order valence-electron chi connectivity index (χ1n) is 10.5. The number of nitrogens with one attached hydrogen (secondary N) is 2. The van der Waals surface area contributed by atoms with Crippen molar-refractivity contribution in [3.63, 3.8) is 0 Å². The van der Waals surface area contributed by atoms with Gasteiger partial charge in [0.25, 0.3) is 0 Å². The largest absolute Gasteiger partial charge is 0.497 e. The summed E-state index contributed by atoms with van der Waals surface area (Å²) in [7, 11) is 1.52. The van der Waals surface area contributed by atoms with Crippen LogP contribution < -0.4 is 25.0 Å². The molecule has 0 saturated carbocycles. The van der Waals surface area contributed by atoms with Crippen molar-refractivity contribution < 1.29 is 28.6 Å². The maximum Gasteiger partial charge on any atom is 0.345 e. The molecule has 2 amide bonds. The minimum atomic E-state index is -0.961. The van der Waals surface area contributed by atoms with Gasteiger partial charge in [-0.15, -0.1) is 0 Å². The highest BCUT2D eigenvalue weighted by atomic mass is 35.5. The summed E-state index contributed by atoms with van der Waals surface area (Å²) < 4.78 is 16.0. The highest BCUT2D eigenvalue weighted by Crippen LogP contribution is 2.30. The number of amides is 2. The van der Waals surface area contributed by atoms with Crippen LogP contribution in [0.3, 0.4) is 0 Å². The summed E-state index contributed by atoms with van der Waals surface area (Å²) in [5, 5.41) is 6.78. The molecular weight excluding hydrogens is 509 g/mol. The fourth-order valence-electron chi connectivity index (χ4n) is 2.85. The number of carbonyl (C=O) groups is 3. The van der Waals surface area contributed by atoms with Crippen molar-refractivity contribution in [1.29, 1.82) is 0 Å². The number of methoxy groups -OCH3 is 1. The molecule has 0 bridgehead atoms. The number of carbonyl (C=O) groups excluding carboxylic acids is 3. The Morgan fingerprint density at radius 1 is 0.944 bits per heavy atom. The van der Waals surface area contributed by atoms with Crippen molar-refractivity contribution in [2.75, 3.05) is 19.0 Å². The molecule has 9 nitrogen and oxygen atoms in total. The molecule has 0 aliphatic carbocycles. The van der Waals surface area contributed by atoms with Crippen LogP contribution in [0.4, 0.5) is 5.69 Å². The van der Waals surface area contributed by atoms with Crippen LogP contribution in [0.5, 0.6) is 17.2 Å². The molecule has 11 heteroatoms. The molecule has 0 aliphatic rings. The van der Waals surface area contributed by atoms with Crippen molar-refractivity contribution in [3.05, 3.63) is 81.8 Å². The van der Waals surface area contributed by atoms with Crippen molar-refractivity contribution in [3.8, 4) is 17.2 Å². The lowest BCUT2D eigenvalue weighted by molar-refractivity contribution is -0.136. The number of anilines is 1. The molecule has 36 heavy (non-hydrogen) atoms. The Hall–Kier alpha value is -4.08. The third-order valence-electron chi connectivity index (χ3n) is 4.56. The quantitative estimate of drug-likeness (QED) is 0.143.